The second kappa shape index (κ2) is 5.60. The maximum absolute atomic E-state index is 12.4. The number of hydrogen-bond acceptors (Lipinski definition) is 4. The van der Waals surface area contributed by atoms with Gasteiger partial charge in [0.2, 0.25) is 0 Å². The Morgan fingerprint density at radius 2 is 1.75 bits per heavy atom. The molecule has 0 radical (unpaired) electrons. The van der Waals surface area contributed by atoms with Crippen molar-refractivity contribution in [2.75, 3.05) is 13.1 Å². The number of nitrogens with zero attached hydrogens (tertiary/aromatic N) is 1. The fraction of sp³-hybridized carbons (Fsp3) is 0.500. The quantitative estimate of drug-likeness (QED) is 0.876. The molecule has 0 unspecified atom stereocenters. The largest absolute Gasteiger partial charge is 0.478 e. The van der Waals surface area contributed by atoms with Crippen LogP contribution in [0.5, 0.6) is 5.75 Å². The molecule has 0 spiro atoms. The molecule has 2 N–H and O–H groups in total. The van der Waals surface area contributed by atoms with E-state index in [2.05, 4.69) is 0 Å². The van der Waals surface area contributed by atoms with Crippen molar-refractivity contribution in [3.05, 3.63) is 29.3 Å². The Kier molecular flexibility index (Phi) is 4.22. The summed E-state index contributed by atoms with van der Waals surface area (Å²) in [6.07, 6.45) is -1.80. The van der Waals surface area contributed by atoms with Gasteiger partial charge in [0.1, 0.15) is 5.75 Å². The van der Waals surface area contributed by atoms with E-state index in [0.717, 1.165) is 0 Å². The van der Waals surface area contributed by atoms with Crippen LogP contribution < -0.4 is 4.74 Å². The van der Waals surface area contributed by atoms with Gasteiger partial charge in [0, 0.05) is 18.1 Å². The normalized spacial score (nSPS) is 22.9. The van der Waals surface area contributed by atoms with Crippen LogP contribution in [0.4, 0.5) is 0 Å². The van der Waals surface area contributed by atoms with Gasteiger partial charge in [-0.1, -0.05) is 11.6 Å². The fourth-order valence-corrected chi connectivity index (χ4v) is 2.28. The van der Waals surface area contributed by atoms with E-state index in [9.17, 15) is 15.0 Å². The van der Waals surface area contributed by atoms with E-state index >= 15 is 0 Å². The molecule has 1 aromatic rings. The molecule has 1 amide bonds. The molecule has 1 fully saturated rings. The van der Waals surface area contributed by atoms with Crippen molar-refractivity contribution in [3.8, 4) is 5.75 Å². The first-order chi connectivity index (χ1) is 9.29. The minimum absolute atomic E-state index is 0.118. The lowest BCUT2D eigenvalue weighted by Gasteiger charge is -2.29. The average molecular weight is 300 g/mol. The van der Waals surface area contributed by atoms with Crippen LogP contribution in [0.25, 0.3) is 0 Å². The molecule has 2 rings (SSSR count). The Labute approximate surface area is 122 Å². The highest BCUT2D eigenvalue weighted by Gasteiger charge is 2.40. The molecule has 20 heavy (non-hydrogen) atoms. The summed E-state index contributed by atoms with van der Waals surface area (Å²) in [5.41, 5.74) is -1.09. The molecule has 5 nitrogen and oxygen atoms in total. The number of aliphatic hydroxyl groups excluding tert-OH is 2. The highest BCUT2D eigenvalue weighted by Crippen LogP contribution is 2.24. The van der Waals surface area contributed by atoms with Gasteiger partial charge in [0.05, 0.1) is 12.2 Å². The number of β-amino-alcohol motifs (C(OH)–C–C–N with tert-alkyl or cyclic N) is 2. The van der Waals surface area contributed by atoms with Gasteiger partial charge in [0.25, 0.3) is 5.91 Å². The van der Waals surface area contributed by atoms with Crippen LogP contribution in [0.2, 0.25) is 5.02 Å². The second-order valence-corrected chi connectivity index (χ2v) is 5.85. The number of halogens is 1. The van der Waals surface area contributed by atoms with Gasteiger partial charge in [-0.3, -0.25) is 4.79 Å². The molecule has 0 aromatic heterocycles. The van der Waals surface area contributed by atoms with E-state index in [0.29, 0.717) is 10.8 Å². The monoisotopic (exact) mass is 299 g/mol. The van der Waals surface area contributed by atoms with Gasteiger partial charge in [-0.15, -0.1) is 0 Å². The average Bonchev–Trinajstić information content (AvgIpc) is 2.71. The summed E-state index contributed by atoms with van der Waals surface area (Å²) < 4.78 is 5.69. The van der Waals surface area contributed by atoms with Crippen molar-refractivity contribution in [1.82, 2.24) is 4.90 Å². The molecule has 0 aliphatic carbocycles. The van der Waals surface area contributed by atoms with Crippen molar-refractivity contribution >= 4 is 17.5 Å². The summed E-state index contributed by atoms with van der Waals surface area (Å²) in [5, 5.41) is 19.6. The van der Waals surface area contributed by atoms with Crippen molar-refractivity contribution in [2.45, 2.75) is 31.7 Å². The third kappa shape index (κ3) is 3.23. The summed E-state index contributed by atoms with van der Waals surface area (Å²) in [6.45, 7) is 3.54. The topological polar surface area (TPSA) is 70.0 Å². The zero-order valence-corrected chi connectivity index (χ0v) is 12.2. The molecular weight excluding hydrogens is 282 g/mol. The Bertz CT molecular complexity index is 478. The van der Waals surface area contributed by atoms with Crippen molar-refractivity contribution in [1.29, 1.82) is 0 Å². The van der Waals surface area contributed by atoms with Gasteiger partial charge in [-0.25, -0.2) is 0 Å². The summed E-state index contributed by atoms with van der Waals surface area (Å²) >= 11 is 5.79. The summed E-state index contributed by atoms with van der Waals surface area (Å²) in [6, 6.07) is 6.73. The molecule has 1 heterocycles. The first-order valence-electron chi connectivity index (χ1n) is 6.40. The number of carbonyl (C=O) groups excluding carboxylic acids is 1. The molecule has 1 aromatic carbocycles. The van der Waals surface area contributed by atoms with Crippen molar-refractivity contribution in [3.63, 3.8) is 0 Å². The van der Waals surface area contributed by atoms with Gasteiger partial charge < -0.3 is 19.8 Å². The number of likely N-dealkylation sites (tertiary alicyclic amines) is 1. The molecular formula is C14H18ClNO4. The number of carbonyl (C=O) groups is 1. The van der Waals surface area contributed by atoms with Crippen LogP contribution in [0.3, 0.4) is 0 Å². The maximum atomic E-state index is 12.4. The molecule has 1 aliphatic rings. The highest BCUT2D eigenvalue weighted by molar-refractivity contribution is 6.30. The summed E-state index contributed by atoms with van der Waals surface area (Å²) in [4.78, 5) is 13.8. The van der Waals surface area contributed by atoms with Gasteiger partial charge in [-0.2, -0.15) is 0 Å². The molecule has 2 atom stereocenters. The van der Waals surface area contributed by atoms with Crippen molar-refractivity contribution in [2.24, 2.45) is 0 Å². The Balaban J connectivity index is 2.06. The van der Waals surface area contributed by atoms with Crippen LogP contribution in [-0.4, -0.2) is 51.9 Å². The smallest absolute Gasteiger partial charge is 0.266 e. The zero-order valence-electron chi connectivity index (χ0n) is 11.4. The molecule has 6 heteroatoms. The summed E-state index contributed by atoms with van der Waals surface area (Å²) in [5.74, 6) is 0.260. The minimum Gasteiger partial charge on any atom is -0.478 e. The lowest BCUT2D eigenvalue weighted by molar-refractivity contribution is -0.144. The standard InChI is InChI=1S/C14H18ClNO4/c1-14(2,20-10-5-3-9(15)4-6-10)13(19)16-7-11(17)12(18)8-16/h3-6,11-12,17-18H,7-8H2,1-2H3/t11-,12+. The van der Waals surface area contributed by atoms with Crippen LogP contribution in [-0.2, 0) is 4.79 Å². The minimum atomic E-state index is -1.09. The molecule has 1 aliphatic heterocycles. The van der Waals surface area contributed by atoms with E-state index in [4.69, 9.17) is 16.3 Å². The van der Waals surface area contributed by atoms with Crippen LogP contribution in [0.15, 0.2) is 24.3 Å². The predicted octanol–water partition coefficient (Wildman–Crippen LogP) is 1.06. The molecule has 0 saturated carbocycles. The number of hydrogen-bond donors (Lipinski definition) is 2. The van der Waals surface area contributed by atoms with E-state index in [1.807, 2.05) is 0 Å². The Hall–Kier alpha value is -1.30. The summed E-state index contributed by atoms with van der Waals surface area (Å²) in [7, 11) is 0. The second-order valence-electron chi connectivity index (χ2n) is 5.41. The van der Waals surface area contributed by atoms with Gasteiger partial charge >= 0.3 is 0 Å². The van der Waals surface area contributed by atoms with Crippen molar-refractivity contribution < 1.29 is 19.7 Å². The van der Waals surface area contributed by atoms with Crippen LogP contribution in [0, 0.1) is 0 Å². The number of rotatable bonds is 3. The highest BCUT2D eigenvalue weighted by atomic mass is 35.5. The molecule has 0 bridgehead atoms. The zero-order chi connectivity index (χ0) is 14.9. The number of aliphatic hydroxyl groups is 2. The third-order valence-electron chi connectivity index (χ3n) is 3.25. The fourth-order valence-electron chi connectivity index (χ4n) is 2.16. The molecule has 1 saturated heterocycles. The van der Waals surface area contributed by atoms with E-state index in [1.54, 1.807) is 38.1 Å². The third-order valence-corrected chi connectivity index (χ3v) is 3.50. The van der Waals surface area contributed by atoms with Crippen LogP contribution in [0.1, 0.15) is 13.8 Å². The lowest BCUT2D eigenvalue weighted by atomic mass is 10.1. The number of benzene rings is 1. The maximum Gasteiger partial charge on any atom is 0.266 e. The molecule has 110 valence electrons. The predicted molar refractivity (Wildman–Crippen MR) is 74.8 cm³/mol. The Morgan fingerprint density at radius 3 is 2.25 bits per heavy atom. The Morgan fingerprint density at radius 1 is 1.25 bits per heavy atom. The van der Waals surface area contributed by atoms with E-state index < -0.39 is 17.8 Å². The number of ether oxygens (including phenoxy) is 1. The first kappa shape index (κ1) is 15.1. The van der Waals surface area contributed by atoms with Gasteiger partial charge in [0.15, 0.2) is 5.60 Å². The van der Waals surface area contributed by atoms with E-state index in [1.165, 1.54) is 4.90 Å². The van der Waals surface area contributed by atoms with E-state index in [-0.39, 0.29) is 19.0 Å². The van der Waals surface area contributed by atoms with Crippen LogP contribution >= 0.6 is 11.6 Å². The first-order valence-corrected chi connectivity index (χ1v) is 6.77. The number of amides is 1. The lowest BCUT2D eigenvalue weighted by Crippen LogP contribution is -2.48. The SMILES string of the molecule is CC(C)(Oc1ccc(Cl)cc1)C(=O)N1C[C@@H](O)[C@@H](O)C1. The van der Waals surface area contributed by atoms with Gasteiger partial charge in [-0.05, 0) is 38.1 Å².